The number of carbonyl (C=O) groups excluding carboxylic acids is 2. The van der Waals surface area contributed by atoms with Crippen molar-refractivity contribution in [2.45, 2.75) is 129 Å². The maximum absolute atomic E-state index is 12.4. The first-order valence-corrected chi connectivity index (χ1v) is 13.0. The molecule has 2 atom stereocenters. The van der Waals surface area contributed by atoms with Gasteiger partial charge in [0.2, 0.25) is 0 Å². The highest BCUT2D eigenvalue weighted by Gasteiger charge is 2.32. The zero-order valence-corrected chi connectivity index (χ0v) is 19.9. The first-order chi connectivity index (χ1) is 14.7. The highest BCUT2D eigenvalue weighted by atomic mass is 16.5. The molecule has 4 nitrogen and oxygen atoms in total. The lowest BCUT2D eigenvalue weighted by Crippen LogP contribution is -2.30. The van der Waals surface area contributed by atoms with E-state index in [0.717, 1.165) is 51.4 Å². The average molecular weight is 425 g/mol. The Balaban J connectivity index is 2.02. The molecule has 0 spiro atoms. The summed E-state index contributed by atoms with van der Waals surface area (Å²) in [5, 5.41) is 0. The molecular weight excluding hydrogens is 376 g/mol. The molecule has 0 heterocycles. The second kappa shape index (κ2) is 18.7. The predicted molar refractivity (Wildman–Crippen MR) is 123 cm³/mol. The fraction of sp³-hybridized carbons (Fsp3) is 0.923. The summed E-state index contributed by atoms with van der Waals surface area (Å²) in [5.74, 6) is -0.473. The van der Waals surface area contributed by atoms with Gasteiger partial charge in [-0.3, -0.25) is 9.59 Å². The Morgan fingerprint density at radius 1 is 0.600 bits per heavy atom. The van der Waals surface area contributed by atoms with Crippen molar-refractivity contribution in [3.05, 3.63) is 0 Å². The van der Waals surface area contributed by atoms with E-state index in [1.807, 2.05) is 0 Å². The Labute approximate surface area is 185 Å². The summed E-state index contributed by atoms with van der Waals surface area (Å²) in [6, 6.07) is 0. The maximum Gasteiger partial charge on any atom is 0.308 e. The third-order valence-corrected chi connectivity index (χ3v) is 6.33. The van der Waals surface area contributed by atoms with Gasteiger partial charge in [0.1, 0.15) is 0 Å². The van der Waals surface area contributed by atoms with Crippen molar-refractivity contribution in [3.8, 4) is 0 Å². The van der Waals surface area contributed by atoms with Crippen LogP contribution < -0.4 is 0 Å². The normalized spacial score (nSPS) is 18.9. The van der Waals surface area contributed by atoms with Crippen molar-refractivity contribution in [3.63, 3.8) is 0 Å². The summed E-state index contributed by atoms with van der Waals surface area (Å²) in [7, 11) is 0. The van der Waals surface area contributed by atoms with Crippen LogP contribution in [-0.4, -0.2) is 25.2 Å². The zero-order chi connectivity index (χ0) is 21.9. The van der Waals surface area contributed by atoms with Gasteiger partial charge in [0.05, 0.1) is 25.0 Å². The second-order valence-electron chi connectivity index (χ2n) is 9.14. The monoisotopic (exact) mass is 424 g/mol. The van der Waals surface area contributed by atoms with Crippen molar-refractivity contribution in [2.24, 2.45) is 11.8 Å². The van der Waals surface area contributed by atoms with Gasteiger partial charge in [-0.25, -0.2) is 0 Å². The molecule has 1 aliphatic rings. The molecule has 1 fully saturated rings. The number of rotatable bonds is 18. The first kappa shape index (κ1) is 27.0. The molecule has 0 radical (unpaired) electrons. The van der Waals surface area contributed by atoms with Gasteiger partial charge in [0.15, 0.2) is 0 Å². The molecule has 0 aromatic rings. The number of esters is 2. The topological polar surface area (TPSA) is 52.6 Å². The summed E-state index contributed by atoms with van der Waals surface area (Å²) in [6.45, 7) is 5.43. The van der Waals surface area contributed by atoms with Crippen molar-refractivity contribution in [2.75, 3.05) is 13.2 Å². The van der Waals surface area contributed by atoms with Crippen LogP contribution in [0.2, 0.25) is 0 Å². The minimum atomic E-state index is -0.125. The van der Waals surface area contributed by atoms with Gasteiger partial charge in [-0.1, -0.05) is 97.3 Å². The van der Waals surface area contributed by atoms with Crippen LogP contribution in [0.3, 0.4) is 0 Å². The lowest BCUT2D eigenvalue weighted by molar-refractivity contribution is -0.155. The van der Waals surface area contributed by atoms with E-state index in [-0.39, 0.29) is 23.8 Å². The largest absolute Gasteiger partial charge is 0.465 e. The first-order valence-electron chi connectivity index (χ1n) is 13.0. The number of carbonyl (C=O) groups is 2. The molecule has 0 amide bonds. The quantitative estimate of drug-likeness (QED) is 0.170. The van der Waals surface area contributed by atoms with Crippen LogP contribution in [0.1, 0.15) is 129 Å². The van der Waals surface area contributed by atoms with E-state index < -0.39 is 0 Å². The average Bonchev–Trinajstić information content (AvgIpc) is 2.77. The summed E-state index contributed by atoms with van der Waals surface area (Å²) < 4.78 is 10.9. The van der Waals surface area contributed by atoms with Crippen LogP contribution in [0.25, 0.3) is 0 Å². The summed E-state index contributed by atoms with van der Waals surface area (Å²) in [4.78, 5) is 24.6. The van der Waals surface area contributed by atoms with E-state index in [4.69, 9.17) is 9.47 Å². The lowest BCUT2D eigenvalue weighted by atomic mass is 9.81. The van der Waals surface area contributed by atoms with Crippen LogP contribution in [-0.2, 0) is 19.1 Å². The standard InChI is InChI=1S/C26H48O4/c1-3-5-7-8-9-10-11-12-13-14-16-21-30-26(28)24-19-17-18-23(22-24)25(27)29-20-15-6-4-2/h23-24H,3-22H2,1-2H3. The number of ether oxygens (including phenoxy) is 2. The minimum absolute atomic E-state index is 0.106. The molecule has 30 heavy (non-hydrogen) atoms. The van der Waals surface area contributed by atoms with Crippen molar-refractivity contribution in [1.29, 1.82) is 0 Å². The molecule has 1 aliphatic carbocycles. The molecule has 0 N–H and O–H groups in total. The molecule has 1 saturated carbocycles. The molecule has 2 unspecified atom stereocenters. The molecule has 4 heteroatoms. The lowest BCUT2D eigenvalue weighted by Gasteiger charge is -2.26. The van der Waals surface area contributed by atoms with Crippen LogP contribution >= 0.6 is 0 Å². The van der Waals surface area contributed by atoms with E-state index in [0.29, 0.717) is 19.6 Å². The molecule has 0 aromatic carbocycles. The zero-order valence-electron chi connectivity index (χ0n) is 19.9. The van der Waals surface area contributed by atoms with Crippen LogP contribution in [0.4, 0.5) is 0 Å². The van der Waals surface area contributed by atoms with E-state index in [2.05, 4.69) is 13.8 Å². The van der Waals surface area contributed by atoms with Gasteiger partial charge >= 0.3 is 11.9 Å². The fourth-order valence-electron chi connectivity index (χ4n) is 4.32. The third kappa shape index (κ3) is 13.3. The maximum atomic E-state index is 12.4. The van der Waals surface area contributed by atoms with Gasteiger partial charge < -0.3 is 9.47 Å². The second-order valence-corrected chi connectivity index (χ2v) is 9.14. The van der Waals surface area contributed by atoms with Crippen molar-refractivity contribution in [1.82, 2.24) is 0 Å². The van der Waals surface area contributed by atoms with Crippen LogP contribution in [0.5, 0.6) is 0 Å². The Hall–Kier alpha value is -1.06. The number of hydrogen-bond donors (Lipinski definition) is 0. The SMILES string of the molecule is CCCCCCCCCCCCCOC(=O)C1CCCC(C(=O)OCCCCC)C1. The van der Waals surface area contributed by atoms with Crippen LogP contribution in [0, 0.1) is 11.8 Å². The van der Waals surface area contributed by atoms with Crippen molar-refractivity contribution >= 4 is 11.9 Å². The Morgan fingerprint density at radius 3 is 1.43 bits per heavy atom. The predicted octanol–water partition coefficient (Wildman–Crippen LogP) is 7.38. The van der Waals surface area contributed by atoms with E-state index in [9.17, 15) is 9.59 Å². The molecule has 0 aliphatic heterocycles. The van der Waals surface area contributed by atoms with Gasteiger partial charge in [-0.05, 0) is 32.1 Å². The molecule has 0 aromatic heterocycles. The Morgan fingerprint density at radius 2 is 0.967 bits per heavy atom. The van der Waals surface area contributed by atoms with Gasteiger partial charge in [-0.15, -0.1) is 0 Å². The molecule has 0 bridgehead atoms. The smallest absolute Gasteiger partial charge is 0.308 e. The highest BCUT2D eigenvalue weighted by molar-refractivity contribution is 5.76. The number of hydrogen-bond acceptors (Lipinski definition) is 4. The van der Waals surface area contributed by atoms with Gasteiger partial charge in [0.25, 0.3) is 0 Å². The molecule has 0 saturated heterocycles. The Kier molecular flexibility index (Phi) is 16.8. The third-order valence-electron chi connectivity index (χ3n) is 6.33. The summed E-state index contributed by atoms with van der Waals surface area (Å²) >= 11 is 0. The molecule has 1 rings (SSSR count). The molecular formula is C26H48O4. The highest BCUT2D eigenvalue weighted by Crippen LogP contribution is 2.31. The van der Waals surface area contributed by atoms with Crippen molar-refractivity contribution < 1.29 is 19.1 Å². The molecule has 176 valence electrons. The number of unbranched alkanes of at least 4 members (excludes halogenated alkanes) is 12. The minimum Gasteiger partial charge on any atom is -0.465 e. The van der Waals surface area contributed by atoms with Crippen LogP contribution in [0.15, 0.2) is 0 Å². The summed E-state index contributed by atoms with van der Waals surface area (Å²) in [5.41, 5.74) is 0. The van der Waals surface area contributed by atoms with E-state index in [1.165, 1.54) is 57.8 Å². The van der Waals surface area contributed by atoms with E-state index >= 15 is 0 Å². The summed E-state index contributed by atoms with van der Waals surface area (Å²) in [6.07, 6.45) is 20.5. The fourth-order valence-corrected chi connectivity index (χ4v) is 4.32. The Bertz CT molecular complexity index is 435. The van der Waals surface area contributed by atoms with Gasteiger partial charge in [-0.2, -0.15) is 0 Å². The van der Waals surface area contributed by atoms with E-state index in [1.54, 1.807) is 0 Å². The van der Waals surface area contributed by atoms with Gasteiger partial charge in [0, 0.05) is 0 Å².